The van der Waals surface area contributed by atoms with E-state index in [9.17, 15) is 9.50 Å². The van der Waals surface area contributed by atoms with Crippen LogP contribution in [0.4, 0.5) is 8.78 Å². The molecule has 1 atom stereocenters. The van der Waals surface area contributed by atoms with Crippen LogP contribution in [0.1, 0.15) is 31.5 Å². The largest absolute Gasteiger partial charge is 0.494 e. The lowest BCUT2D eigenvalue weighted by molar-refractivity contribution is -0.167. The first kappa shape index (κ1) is 26.0. The summed E-state index contributed by atoms with van der Waals surface area (Å²) in [6, 6.07) is 14.6. The highest BCUT2D eigenvalue weighted by atomic mass is 19.1. The number of nitrogens with zero attached hydrogens (tertiary/aromatic N) is 5. The molecule has 0 radical (unpaired) electrons. The van der Waals surface area contributed by atoms with Crippen LogP contribution in [0.25, 0.3) is 33.4 Å². The SMILES string of the molecule is COc1cc(-c2cn(CC3(c4cc(C(C)(C)O)c(F)c(-c5ccc(F)cc5)n4)CCO3)nn2)cc2cccnc12. The summed E-state index contributed by atoms with van der Waals surface area (Å²) in [7, 11) is 1.60. The number of hydrogen-bond donors (Lipinski definition) is 1. The number of hydrogen-bond acceptors (Lipinski definition) is 7. The maximum atomic E-state index is 15.6. The molecule has 6 rings (SSSR count). The zero-order valence-electron chi connectivity index (χ0n) is 22.2. The van der Waals surface area contributed by atoms with Gasteiger partial charge in [-0.2, -0.15) is 0 Å². The Kier molecular flexibility index (Phi) is 6.31. The average molecular weight is 544 g/mol. The molecule has 1 fully saturated rings. The Hall–Kier alpha value is -4.28. The minimum Gasteiger partial charge on any atom is -0.494 e. The minimum absolute atomic E-state index is 0.0145. The number of aromatic nitrogens is 5. The molecule has 5 aromatic rings. The fourth-order valence-electron chi connectivity index (χ4n) is 5.00. The van der Waals surface area contributed by atoms with Crippen LogP contribution < -0.4 is 4.74 Å². The summed E-state index contributed by atoms with van der Waals surface area (Å²) in [6.07, 6.45) is 4.12. The molecule has 0 saturated carbocycles. The van der Waals surface area contributed by atoms with Gasteiger partial charge in [0.1, 0.15) is 34.1 Å². The third-order valence-electron chi connectivity index (χ3n) is 7.23. The molecular formula is C30H27F2N5O3. The van der Waals surface area contributed by atoms with Crippen molar-refractivity contribution < 1.29 is 23.4 Å². The molecule has 0 bridgehead atoms. The zero-order valence-corrected chi connectivity index (χ0v) is 22.2. The highest BCUT2D eigenvalue weighted by Gasteiger charge is 2.44. The predicted molar refractivity (Wildman–Crippen MR) is 144 cm³/mol. The standard InChI is InChI=1S/C30H27F2N5O3/c1-29(2,38)22-15-25(34-28(26(22)32)18-6-8-21(31)9-7-18)30(10-12-40-30)17-37-16-23(35-36-37)20-13-19-5-4-11-33-27(19)24(14-20)39-3/h4-9,11,13-16,38H,10,12,17H2,1-3H3. The molecule has 0 aliphatic carbocycles. The van der Waals surface area contributed by atoms with E-state index in [-0.39, 0.29) is 17.8 Å². The van der Waals surface area contributed by atoms with Crippen LogP contribution >= 0.6 is 0 Å². The summed E-state index contributed by atoms with van der Waals surface area (Å²) in [5.74, 6) is -0.478. The van der Waals surface area contributed by atoms with Crippen molar-refractivity contribution >= 4 is 10.9 Å². The van der Waals surface area contributed by atoms with Crippen LogP contribution in [0.3, 0.4) is 0 Å². The van der Waals surface area contributed by atoms with Gasteiger partial charge < -0.3 is 14.6 Å². The first-order valence-electron chi connectivity index (χ1n) is 12.8. The van der Waals surface area contributed by atoms with Crippen molar-refractivity contribution in [1.82, 2.24) is 25.0 Å². The molecule has 10 heteroatoms. The lowest BCUT2D eigenvalue weighted by Gasteiger charge is -2.41. The fraction of sp³-hybridized carbons (Fsp3) is 0.267. The molecule has 2 aromatic carbocycles. The second-order valence-electron chi connectivity index (χ2n) is 10.4. The highest BCUT2D eigenvalue weighted by molar-refractivity contribution is 5.89. The zero-order chi connectivity index (χ0) is 28.1. The van der Waals surface area contributed by atoms with Crippen LogP contribution in [-0.4, -0.2) is 43.8 Å². The molecule has 3 aromatic heterocycles. The molecule has 1 aliphatic heterocycles. The van der Waals surface area contributed by atoms with Gasteiger partial charge in [0.15, 0.2) is 5.82 Å². The molecule has 1 saturated heterocycles. The van der Waals surface area contributed by atoms with E-state index in [1.807, 2.05) is 30.5 Å². The van der Waals surface area contributed by atoms with E-state index in [2.05, 4.69) is 20.3 Å². The van der Waals surface area contributed by atoms with E-state index in [0.29, 0.717) is 35.7 Å². The van der Waals surface area contributed by atoms with Gasteiger partial charge in [-0.3, -0.25) is 4.98 Å². The minimum atomic E-state index is -1.49. The van der Waals surface area contributed by atoms with E-state index in [4.69, 9.17) is 9.47 Å². The summed E-state index contributed by atoms with van der Waals surface area (Å²) in [5.41, 5.74) is 0.721. The summed E-state index contributed by atoms with van der Waals surface area (Å²) >= 11 is 0. The van der Waals surface area contributed by atoms with Gasteiger partial charge in [0.2, 0.25) is 0 Å². The number of fused-ring (bicyclic) bond motifs is 1. The number of rotatable bonds is 7. The van der Waals surface area contributed by atoms with Gasteiger partial charge in [0.05, 0.1) is 37.8 Å². The molecule has 0 amide bonds. The van der Waals surface area contributed by atoms with E-state index in [1.54, 1.807) is 24.1 Å². The molecule has 204 valence electrons. The molecule has 4 heterocycles. The molecule has 1 aliphatic rings. The normalized spacial score (nSPS) is 17.1. The van der Waals surface area contributed by atoms with E-state index >= 15 is 4.39 Å². The quantitative estimate of drug-likeness (QED) is 0.294. The van der Waals surface area contributed by atoms with Crippen molar-refractivity contribution in [3.8, 4) is 28.3 Å². The number of pyridine rings is 2. The molecule has 1 N–H and O–H groups in total. The van der Waals surface area contributed by atoms with E-state index in [0.717, 1.165) is 16.5 Å². The number of aliphatic hydroxyl groups is 1. The summed E-state index contributed by atoms with van der Waals surface area (Å²) in [6.45, 7) is 3.77. The maximum absolute atomic E-state index is 15.6. The molecular weight excluding hydrogens is 516 g/mol. The Balaban J connectivity index is 1.39. The van der Waals surface area contributed by atoms with Crippen molar-refractivity contribution in [2.45, 2.75) is 38.0 Å². The second kappa shape index (κ2) is 9.72. The van der Waals surface area contributed by atoms with Crippen LogP contribution in [0.5, 0.6) is 5.75 Å². The van der Waals surface area contributed by atoms with Crippen LogP contribution in [-0.2, 0) is 22.5 Å². The van der Waals surface area contributed by atoms with Crippen molar-refractivity contribution in [3.05, 3.63) is 89.9 Å². The Morgan fingerprint density at radius 1 is 1.10 bits per heavy atom. The number of benzene rings is 2. The Bertz CT molecular complexity index is 1710. The number of halogens is 2. The summed E-state index contributed by atoms with van der Waals surface area (Å²) < 4.78 is 42.5. The third-order valence-corrected chi connectivity index (χ3v) is 7.23. The number of methoxy groups -OCH3 is 1. The molecule has 8 nitrogen and oxygen atoms in total. The average Bonchev–Trinajstić information content (AvgIpc) is 3.39. The van der Waals surface area contributed by atoms with E-state index < -0.39 is 22.8 Å². The maximum Gasteiger partial charge on any atom is 0.155 e. The highest BCUT2D eigenvalue weighted by Crippen LogP contribution is 2.42. The lowest BCUT2D eigenvalue weighted by Crippen LogP contribution is -2.45. The van der Waals surface area contributed by atoms with Crippen molar-refractivity contribution in [2.24, 2.45) is 0 Å². The van der Waals surface area contributed by atoms with Crippen molar-refractivity contribution in [3.63, 3.8) is 0 Å². The molecule has 0 spiro atoms. The van der Waals surface area contributed by atoms with Crippen molar-refractivity contribution in [2.75, 3.05) is 13.7 Å². The van der Waals surface area contributed by atoms with Gasteiger partial charge in [-0.1, -0.05) is 11.3 Å². The van der Waals surface area contributed by atoms with Gasteiger partial charge in [-0.25, -0.2) is 18.4 Å². The first-order chi connectivity index (χ1) is 19.2. The Morgan fingerprint density at radius 3 is 2.55 bits per heavy atom. The molecule has 40 heavy (non-hydrogen) atoms. The third kappa shape index (κ3) is 4.59. The fourth-order valence-corrected chi connectivity index (χ4v) is 5.00. The van der Waals surface area contributed by atoms with Gasteiger partial charge in [-0.15, -0.1) is 5.10 Å². The smallest absolute Gasteiger partial charge is 0.155 e. The monoisotopic (exact) mass is 543 g/mol. The Labute approximate surface area is 229 Å². The summed E-state index contributed by atoms with van der Waals surface area (Å²) in [5, 5.41) is 20.4. The summed E-state index contributed by atoms with van der Waals surface area (Å²) in [4.78, 5) is 9.04. The first-order valence-corrected chi connectivity index (χ1v) is 12.8. The number of ether oxygens (including phenoxy) is 2. The van der Waals surface area contributed by atoms with Gasteiger partial charge in [0.25, 0.3) is 0 Å². The van der Waals surface area contributed by atoms with Gasteiger partial charge in [0, 0.05) is 34.7 Å². The topological polar surface area (TPSA) is 95.2 Å². The van der Waals surface area contributed by atoms with Crippen LogP contribution in [0.2, 0.25) is 0 Å². The van der Waals surface area contributed by atoms with Gasteiger partial charge in [-0.05, 0) is 62.4 Å². The van der Waals surface area contributed by atoms with E-state index in [1.165, 1.54) is 38.1 Å². The Morgan fingerprint density at radius 2 is 1.88 bits per heavy atom. The van der Waals surface area contributed by atoms with Crippen LogP contribution in [0.15, 0.2) is 67.0 Å². The lowest BCUT2D eigenvalue weighted by atomic mass is 9.86. The predicted octanol–water partition coefficient (Wildman–Crippen LogP) is 5.39. The second-order valence-corrected chi connectivity index (χ2v) is 10.4. The molecule has 1 unspecified atom stereocenters. The van der Waals surface area contributed by atoms with Crippen molar-refractivity contribution in [1.29, 1.82) is 0 Å². The van der Waals surface area contributed by atoms with Gasteiger partial charge >= 0.3 is 0 Å². The van der Waals surface area contributed by atoms with Crippen LogP contribution in [0, 0.1) is 11.6 Å².